The van der Waals surface area contributed by atoms with Crippen LogP contribution in [-0.2, 0) is 4.79 Å². The first-order valence-electron chi connectivity index (χ1n) is 6.15. The monoisotopic (exact) mass is 251 g/mol. The fourth-order valence-corrected chi connectivity index (χ4v) is 1.91. The zero-order chi connectivity index (χ0) is 13.2. The number of nitrogens with one attached hydrogen (secondary N) is 1. The zero-order valence-corrected chi connectivity index (χ0v) is 10.7. The number of carbonyl (C=O) groups is 1. The summed E-state index contributed by atoms with van der Waals surface area (Å²) in [6.07, 6.45) is 0.956. The molecule has 0 bridgehead atoms. The molecule has 1 atom stereocenters. The van der Waals surface area contributed by atoms with E-state index >= 15 is 0 Å². The van der Waals surface area contributed by atoms with Crippen molar-refractivity contribution in [3.63, 3.8) is 0 Å². The van der Waals surface area contributed by atoms with Gasteiger partial charge in [-0.15, -0.1) is 0 Å². The van der Waals surface area contributed by atoms with E-state index in [2.05, 4.69) is 19.2 Å². The van der Waals surface area contributed by atoms with Crippen molar-refractivity contribution in [2.45, 2.75) is 20.3 Å². The summed E-state index contributed by atoms with van der Waals surface area (Å²) < 4.78 is 18.0. The Morgan fingerprint density at radius 2 is 2.06 bits per heavy atom. The molecular formula is C14H18FNO2. The van der Waals surface area contributed by atoms with Crippen LogP contribution in [0.1, 0.15) is 20.3 Å². The number of hydrogen-bond donors (Lipinski definition) is 1. The maximum atomic E-state index is 12.6. The van der Waals surface area contributed by atoms with Crippen LogP contribution < -0.4 is 10.1 Å². The van der Waals surface area contributed by atoms with Gasteiger partial charge >= 0.3 is 0 Å². The van der Waals surface area contributed by atoms with Gasteiger partial charge in [0.15, 0.2) is 0 Å². The van der Waals surface area contributed by atoms with Crippen molar-refractivity contribution in [3.8, 4) is 5.75 Å². The minimum absolute atomic E-state index is 0.0997. The van der Waals surface area contributed by atoms with Crippen molar-refractivity contribution in [1.29, 1.82) is 0 Å². The number of hydrogen-bond acceptors (Lipinski definition) is 2. The lowest BCUT2D eigenvalue weighted by Gasteiger charge is -2.08. The van der Waals surface area contributed by atoms with Gasteiger partial charge in [0.05, 0.1) is 6.54 Å². The first-order valence-corrected chi connectivity index (χ1v) is 6.15. The van der Waals surface area contributed by atoms with Gasteiger partial charge in [-0.05, 0) is 36.1 Å². The number of ether oxygens (including phenoxy) is 1. The van der Waals surface area contributed by atoms with Crippen LogP contribution in [-0.4, -0.2) is 19.1 Å². The molecule has 4 heteroatoms. The molecule has 0 heterocycles. The number of carbonyl (C=O) groups excluding carboxylic acids is 1. The van der Waals surface area contributed by atoms with Gasteiger partial charge in [-0.1, -0.05) is 13.8 Å². The van der Waals surface area contributed by atoms with E-state index in [0.717, 1.165) is 6.42 Å². The average Bonchev–Trinajstić information content (AvgIpc) is 2.96. The predicted molar refractivity (Wildman–Crippen MR) is 66.8 cm³/mol. The molecule has 1 unspecified atom stereocenters. The van der Waals surface area contributed by atoms with E-state index in [4.69, 9.17) is 4.74 Å². The van der Waals surface area contributed by atoms with Crippen molar-refractivity contribution in [3.05, 3.63) is 30.1 Å². The van der Waals surface area contributed by atoms with Gasteiger partial charge in [0.25, 0.3) is 0 Å². The molecule has 0 saturated heterocycles. The molecule has 1 saturated carbocycles. The molecule has 2 rings (SSSR count). The highest BCUT2D eigenvalue weighted by atomic mass is 19.1. The second kappa shape index (κ2) is 4.96. The smallest absolute Gasteiger partial charge is 0.223 e. The fourth-order valence-electron chi connectivity index (χ4n) is 1.91. The molecule has 3 nitrogen and oxygen atoms in total. The normalized spacial score (nSPS) is 20.3. The van der Waals surface area contributed by atoms with Crippen LogP contribution in [0.25, 0.3) is 0 Å². The summed E-state index contributed by atoms with van der Waals surface area (Å²) in [7, 11) is 0. The fraction of sp³-hybridized carbons (Fsp3) is 0.500. The maximum Gasteiger partial charge on any atom is 0.223 e. The molecule has 0 aromatic heterocycles. The Kier molecular flexibility index (Phi) is 3.55. The maximum absolute atomic E-state index is 12.6. The van der Waals surface area contributed by atoms with E-state index in [1.54, 1.807) is 12.1 Å². The number of benzene rings is 1. The summed E-state index contributed by atoms with van der Waals surface area (Å²) in [5.41, 5.74) is 0.155. The van der Waals surface area contributed by atoms with Crippen LogP contribution in [0.5, 0.6) is 5.75 Å². The Balaban J connectivity index is 1.64. The molecule has 1 aromatic carbocycles. The van der Waals surface area contributed by atoms with Crippen molar-refractivity contribution >= 4 is 5.91 Å². The van der Waals surface area contributed by atoms with E-state index in [-0.39, 0.29) is 23.1 Å². The molecule has 98 valence electrons. The quantitative estimate of drug-likeness (QED) is 0.816. The van der Waals surface area contributed by atoms with E-state index in [1.165, 1.54) is 12.1 Å². The molecule has 1 fully saturated rings. The van der Waals surface area contributed by atoms with Crippen LogP contribution in [0.3, 0.4) is 0 Å². The third-order valence-corrected chi connectivity index (χ3v) is 3.31. The summed E-state index contributed by atoms with van der Waals surface area (Å²) in [6, 6.07) is 5.84. The van der Waals surface area contributed by atoms with Gasteiger partial charge < -0.3 is 10.1 Å². The molecule has 0 radical (unpaired) electrons. The third kappa shape index (κ3) is 3.22. The summed E-state index contributed by atoms with van der Waals surface area (Å²) in [5, 5.41) is 2.84. The Labute approximate surface area is 106 Å². The van der Waals surface area contributed by atoms with Gasteiger partial charge in [0, 0.05) is 5.92 Å². The van der Waals surface area contributed by atoms with Gasteiger partial charge in [0.2, 0.25) is 5.91 Å². The Morgan fingerprint density at radius 1 is 1.44 bits per heavy atom. The van der Waals surface area contributed by atoms with Crippen LogP contribution in [0, 0.1) is 17.2 Å². The summed E-state index contributed by atoms with van der Waals surface area (Å²) in [5.74, 6) is 0.565. The van der Waals surface area contributed by atoms with Crippen LogP contribution in [0.4, 0.5) is 4.39 Å². The molecule has 0 aliphatic heterocycles. The minimum Gasteiger partial charge on any atom is -0.492 e. The van der Waals surface area contributed by atoms with Crippen molar-refractivity contribution in [1.82, 2.24) is 5.32 Å². The van der Waals surface area contributed by atoms with Crippen molar-refractivity contribution in [2.24, 2.45) is 11.3 Å². The molecule has 1 aliphatic carbocycles. The number of amides is 1. The van der Waals surface area contributed by atoms with Crippen LogP contribution >= 0.6 is 0 Å². The van der Waals surface area contributed by atoms with E-state index in [0.29, 0.717) is 18.9 Å². The van der Waals surface area contributed by atoms with Crippen LogP contribution in [0.2, 0.25) is 0 Å². The summed E-state index contributed by atoms with van der Waals surface area (Å²) in [6.45, 7) is 5.05. The van der Waals surface area contributed by atoms with Crippen molar-refractivity contribution < 1.29 is 13.9 Å². The highest BCUT2D eigenvalue weighted by molar-refractivity contribution is 5.82. The predicted octanol–water partition coefficient (Wildman–Crippen LogP) is 2.37. The SMILES string of the molecule is CC1(C)CC1C(=O)NCCOc1ccc(F)cc1. The highest BCUT2D eigenvalue weighted by Crippen LogP contribution is 2.51. The van der Waals surface area contributed by atoms with Gasteiger partial charge in [0.1, 0.15) is 18.2 Å². The third-order valence-electron chi connectivity index (χ3n) is 3.31. The standard InChI is InChI=1S/C14H18FNO2/c1-14(2)9-12(14)13(17)16-7-8-18-11-5-3-10(15)4-6-11/h3-6,12H,7-9H2,1-2H3,(H,16,17). The molecule has 18 heavy (non-hydrogen) atoms. The van der Waals surface area contributed by atoms with E-state index < -0.39 is 0 Å². The Hall–Kier alpha value is -1.58. The second-order valence-electron chi connectivity index (χ2n) is 5.34. The Bertz CT molecular complexity index is 428. The molecular weight excluding hydrogens is 233 g/mol. The first-order chi connectivity index (χ1) is 8.49. The lowest BCUT2D eigenvalue weighted by molar-refractivity contribution is -0.123. The van der Waals surface area contributed by atoms with E-state index in [1.807, 2.05) is 0 Å². The van der Waals surface area contributed by atoms with Gasteiger partial charge in [-0.25, -0.2) is 4.39 Å². The lowest BCUT2D eigenvalue weighted by Crippen LogP contribution is -2.30. The summed E-state index contributed by atoms with van der Waals surface area (Å²) >= 11 is 0. The minimum atomic E-state index is -0.286. The molecule has 1 aromatic rings. The van der Waals surface area contributed by atoms with Crippen molar-refractivity contribution in [2.75, 3.05) is 13.2 Å². The molecule has 1 N–H and O–H groups in total. The van der Waals surface area contributed by atoms with E-state index in [9.17, 15) is 9.18 Å². The topological polar surface area (TPSA) is 38.3 Å². The molecule has 1 amide bonds. The van der Waals surface area contributed by atoms with Crippen LogP contribution in [0.15, 0.2) is 24.3 Å². The Morgan fingerprint density at radius 3 is 2.61 bits per heavy atom. The highest BCUT2D eigenvalue weighted by Gasteiger charge is 2.50. The molecule has 1 aliphatic rings. The summed E-state index contributed by atoms with van der Waals surface area (Å²) in [4.78, 5) is 11.7. The number of rotatable bonds is 5. The number of halogens is 1. The first kappa shape index (κ1) is 12.9. The molecule has 0 spiro atoms. The zero-order valence-electron chi connectivity index (χ0n) is 10.7. The van der Waals surface area contributed by atoms with Gasteiger partial charge in [-0.2, -0.15) is 0 Å². The van der Waals surface area contributed by atoms with Gasteiger partial charge in [-0.3, -0.25) is 4.79 Å². The second-order valence-corrected chi connectivity index (χ2v) is 5.34. The average molecular weight is 251 g/mol. The largest absolute Gasteiger partial charge is 0.492 e. The lowest BCUT2D eigenvalue weighted by atomic mass is 10.1.